The third kappa shape index (κ3) is 6.29. The molecular weight excluding hydrogens is 250 g/mol. The first kappa shape index (κ1) is 16.8. The molecule has 3 nitrogen and oxygen atoms in total. The van der Waals surface area contributed by atoms with Crippen molar-refractivity contribution in [1.82, 2.24) is 5.32 Å². The van der Waals surface area contributed by atoms with E-state index in [0.29, 0.717) is 13.2 Å². The molecule has 0 radical (unpaired) electrons. The van der Waals surface area contributed by atoms with Gasteiger partial charge >= 0.3 is 0 Å². The minimum absolute atomic E-state index is 0.672. The molecule has 0 aliphatic carbocycles. The highest BCUT2D eigenvalue weighted by Crippen LogP contribution is 2.29. The van der Waals surface area contributed by atoms with Gasteiger partial charge in [-0.3, -0.25) is 0 Å². The monoisotopic (exact) mass is 279 g/mol. The summed E-state index contributed by atoms with van der Waals surface area (Å²) in [5, 5.41) is 3.19. The lowest BCUT2D eigenvalue weighted by Crippen LogP contribution is -2.06. The van der Waals surface area contributed by atoms with E-state index in [4.69, 9.17) is 9.47 Å². The Balaban J connectivity index is 2.43. The maximum atomic E-state index is 5.66. The van der Waals surface area contributed by atoms with E-state index in [1.807, 2.05) is 27.0 Å². The third-order valence-corrected chi connectivity index (χ3v) is 3.25. The van der Waals surface area contributed by atoms with Gasteiger partial charge in [0.1, 0.15) is 0 Å². The molecule has 1 aromatic rings. The molecule has 114 valence electrons. The Labute approximate surface area is 123 Å². The van der Waals surface area contributed by atoms with Crippen molar-refractivity contribution in [2.45, 2.75) is 46.0 Å². The smallest absolute Gasteiger partial charge is 0.161 e. The van der Waals surface area contributed by atoms with Gasteiger partial charge in [-0.05, 0) is 64.4 Å². The van der Waals surface area contributed by atoms with Gasteiger partial charge in [0.2, 0.25) is 0 Å². The highest BCUT2D eigenvalue weighted by molar-refractivity contribution is 5.43. The van der Waals surface area contributed by atoms with E-state index in [1.54, 1.807) is 0 Å². The Kier molecular flexibility index (Phi) is 8.88. The van der Waals surface area contributed by atoms with Gasteiger partial charge in [-0.25, -0.2) is 0 Å². The Morgan fingerprint density at radius 2 is 1.60 bits per heavy atom. The predicted octanol–water partition coefficient (Wildman–Crippen LogP) is 3.81. The minimum Gasteiger partial charge on any atom is -0.490 e. The molecular formula is C17H29NO2. The summed E-state index contributed by atoms with van der Waals surface area (Å²) in [4.78, 5) is 0. The van der Waals surface area contributed by atoms with Crippen molar-refractivity contribution >= 4 is 0 Å². The van der Waals surface area contributed by atoms with Gasteiger partial charge in [0.05, 0.1) is 13.2 Å². The number of aryl methyl sites for hydroxylation is 1. The molecule has 0 spiro atoms. The van der Waals surface area contributed by atoms with Crippen LogP contribution in [0.4, 0.5) is 0 Å². The minimum atomic E-state index is 0.672. The average Bonchev–Trinajstić information content (AvgIpc) is 2.46. The molecule has 0 aromatic heterocycles. The van der Waals surface area contributed by atoms with Gasteiger partial charge in [-0.15, -0.1) is 0 Å². The summed E-state index contributed by atoms with van der Waals surface area (Å²) in [5.74, 6) is 1.73. The van der Waals surface area contributed by atoms with Crippen molar-refractivity contribution in [3.05, 3.63) is 23.8 Å². The summed E-state index contributed by atoms with van der Waals surface area (Å²) in [6.07, 6.45) is 6.22. The molecule has 0 bridgehead atoms. The van der Waals surface area contributed by atoms with Crippen LogP contribution in [-0.2, 0) is 6.42 Å². The fourth-order valence-corrected chi connectivity index (χ4v) is 2.24. The Morgan fingerprint density at radius 3 is 2.30 bits per heavy atom. The number of hydrogen-bond donors (Lipinski definition) is 1. The largest absolute Gasteiger partial charge is 0.490 e. The molecule has 20 heavy (non-hydrogen) atoms. The predicted molar refractivity (Wildman–Crippen MR) is 84.9 cm³/mol. The zero-order valence-electron chi connectivity index (χ0n) is 13.2. The normalized spacial score (nSPS) is 10.6. The highest BCUT2D eigenvalue weighted by atomic mass is 16.5. The summed E-state index contributed by atoms with van der Waals surface area (Å²) in [5.41, 5.74) is 1.34. The van der Waals surface area contributed by atoms with E-state index in [2.05, 4.69) is 17.4 Å². The lowest BCUT2D eigenvalue weighted by molar-refractivity contribution is 0.287. The number of benzene rings is 1. The van der Waals surface area contributed by atoms with Crippen molar-refractivity contribution in [2.24, 2.45) is 0 Å². The van der Waals surface area contributed by atoms with Gasteiger partial charge < -0.3 is 14.8 Å². The molecule has 0 fully saturated rings. The van der Waals surface area contributed by atoms with Crippen LogP contribution >= 0.6 is 0 Å². The van der Waals surface area contributed by atoms with Crippen LogP contribution in [0.1, 0.15) is 45.1 Å². The van der Waals surface area contributed by atoms with Crippen molar-refractivity contribution in [1.29, 1.82) is 0 Å². The second-order valence-electron chi connectivity index (χ2n) is 4.91. The third-order valence-electron chi connectivity index (χ3n) is 3.25. The van der Waals surface area contributed by atoms with Crippen molar-refractivity contribution in [3.63, 3.8) is 0 Å². The van der Waals surface area contributed by atoms with Crippen LogP contribution < -0.4 is 14.8 Å². The summed E-state index contributed by atoms with van der Waals surface area (Å²) in [6.45, 7) is 6.47. The van der Waals surface area contributed by atoms with E-state index in [0.717, 1.165) is 24.5 Å². The Bertz CT molecular complexity index is 366. The number of unbranched alkanes of at least 4 members (excludes halogenated alkanes) is 3. The molecule has 0 atom stereocenters. The summed E-state index contributed by atoms with van der Waals surface area (Å²) in [7, 11) is 2.01. The maximum absolute atomic E-state index is 5.66. The molecule has 0 saturated heterocycles. The van der Waals surface area contributed by atoms with Crippen LogP contribution in [0.3, 0.4) is 0 Å². The standard InChI is InChI=1S/C17H29NO2/c1-4-19-16-12-11-15(14-17(16)20-5-2)10-8-6-7-9-13-18-3/h11-12,14,18H,4-10,13H2,1-3H3. The molecule has 0 heterocycles. The maximum Gasteiger partial charge on any atom is 0.161 e. The van der Waals surface area contributed by atoms with E-state index in [1.165, 1.54) is 31.2 Å². The lowest BCUT2D eigenvalue weighted by Gasteiger charge is -2.12. The van der Waals surface area contributed by atoms with Crippen molar-refractivity contribution in [3.8, 4) is 11.5 Å². The second kappa shape index (κ2) is 10.6. The number of hydrogen-bond acceptors (Lipinski definition) is 3. The van der Waals surface area contributed by atoms with E-state index < -0.39 is 0 Å². The van der Waals surface area contributed by atoms with Crippen molar-refractivity contribution in [2.75, 3.05) is 26.8 Å². The van der Waals surface area contributed by atoms with Gasteiger partial charge in [-0.1, -0.05) is 18.9 Å². The van der Waals surface area contributed by atoms with E-state index in [-0.39, 0.29) is 0 Å². The molecule has 0 amide bonds. The SMILES string of the molecule is CCOc1ccc(CCCCCCNC)cc1OCC. The topological polar surface area (TPSA) is 30.5 Å². The molecule has 1 rings (SSSR count). The second-order valence-corrected chi connectivity index (χ2v) is 4.91. The Morgan fingerprint density at radius 1 is 0.900 bits per heavy atom. The molecule has 0 unspecified atom stereocenters. The van der Waals surface area contributed by atoms with E-state index >= 15 is 0 Å². The number of ether oxygens (including phenoxy) is 2. The fourth-order valence-electron chi connectivity index (χ4n) is 2.24. The number of nitrogens with one attached hydrogen (secondary N) is 1. The van der Waals surface area contributed by atoms with Crippen molar-refractivity contribution < 1.29 is 9.47 Å². The molecule has 0 aliphatic heterocycles. The molecule has 1 aromatic carbocycles. The van der Waals surface area contributed by atoms with Gasteiger partial charge in [-0.2, -0.15) is 0 Å². The van der Waals surface area contributed by atoms with E-state index in [9.17, 15) is 0 Å². The zero-order chi connectivity index (χ0) is 14.6. The van der Waals surface area contributed by atoms with Crippen LogP contribution in [0.25, 0.3) is 0 Å². The van der Waals surface area contributed by atoms with Crippen LogP contribution in [-0.4, -0.2) is 26.8 Å². The highest BCUT2D eigenvalue weighted by Gasteiger charge is 2.05. The number of rotatable bonds is 11. The van der Waals surface area contributed by atoms with Crippen LogP contribution in [0.15, 0.2) is 18.2 Å². The summed E-state index contributed by atoms with van der Waals surface area (Å²) >= 11 is 0. The van der Waals surface area contributed by atoms with Gasteiger partial charge in [0.25, 0.3) is 0 Å². The average molecular weight is 279 g/mol. The quantitative estimate of drug-likeness (QED) is 0.625. The van der Waals surface area contributed by atoms with Gasteiger partial charge in [0, 0.05) is 0 Å². The van der Waals surface area contributed by atoms with Crippen LogP contribution in [0.2, 0.25) is 0 Å². The fraction of sp³-hybridized carbons (Fsp3) is 0.647. The van der Waals surface area contributed by atoms with Crippen LogP contribution in [0, 0.1) is 0 Å². The summed E-state index contributed by atoms with van der Waals surface area (Å²) < 4.78 is 11.2. The first-order valence-corrected chi connectivity index (χ1v) is 7.84. The zero-order valence-corrected chi connectivity index (χ0v) is 13.2. The molecule has 3 heteroatoms. The van der Waals surface area contributed by atoms with Gasteiger partial charge in [0.15, 0.2) is 11.5 Å². The molecule has 1 N–H and O–H groups in total. The first-order valence-electron chi connectivity index (χ1n) is 7.84. The first-order chi connectivity index (χ1) is 9.81. The summed E-state index contributed by atoms with van der Waals surface area (Å²) in [6, 6.07) is 6.31. The lowest BCUT2D eigenvalue weighted by atomic mass is 10.1. The Hall–Kier alpha value is -1.22. The van der Waals surface area contributed by atoms with Crippen LogP contribution in [0.5, 0.6) is 11.5 Å². The molecule has 0 saturated carbocycles. The molecule has 0 aliphatic rings.